The molecular weight excluding hydrogens is 864 g/mol. The number of amides is 1. The van der Waals surface area contributed by atoms with Crippen molar-refractivity contribution >= 4 is 23.4 Å². The molecule has 0 spiro atoms. The number of aliphatic hydroxyl groups is 2. The lowest BCUT2D eigenvalue weighted by Crippen LogP contribution is -2.70. The van der Waals surface area contributed by atoms with E-state index < -0.39 is 17.7 Å². The third-order valence-corrected chi connectivity index (χ3v) is 15.1. The van der Waals surface area contributed by atoms with Crippen LogP contribution in [0.1, 0.15) is 106 Å². The SMILES string of the molecule is C=CCOC12Oc3ccc(Oc4ccc(SC)cc4)cc3C3C(CCCCO)C(CCCCO)C=C(C(=NOCc4ccccc4)CC1N(Cc1ccc(F)cc1)C(=O)CCC1CCCC1)C32. The van der Waals surface area contributed by atoms with Crippen molar-refractivity contribution in [3.63, 3.8) is 0 Å². The lowest BCUT2D eigenvalue weighted by Gasteiger charge is -2.60. The number of carbonyl (C=O) groups excluding carboxylic acids is 1. The molecule has 1 heterocycles. The van der Waals surface area contributed by atoms with Crippen LogP contribution in [0.15, 0.2) is 131 Å². The van der Waals surface area contributed by atoms with Gasteiger partial charge in [0.2, 0.25) is 11.7 Å². The van der Waals surface area contributed by atoms with Crippen molar-refractivity contribution in [3.05, 3.63) is 144 Å². The highest BCUT2D eigenvalue weighted by molar-refractivity contribution is 7.98. The first kappa shape index (κ1) is 48.5. The largest absolute Gasteiger partial charge is 0.459 e. The van der Waals surface area contributed by atoms with E-state index in [0.717, 1.165) is 83.6 Å². The summed E-state index contributed by atoms with van der Waals surface area (Å²) in [6.07, 6.45) is 16.8. The zero-order chi connectivity index (χ0) is 46.6. The second-order valence-electron chi connectivity index (χ2n) is 18.6. The number of hydrogen-bond acceptors (Lipinski definition) is 9. The number of fused-ring (bicyclic) bond motifs is 2. The summed E-state index contributed by atoms with van der Waals surface area (Å²) in [4.78, 5) is 24.6. The number of carbonyl (C=O) groups is 1. The Morgan fingerprint density at radius 1 is 0.910 bits per heavy atom. The molecule has 0 bridgehead atoms. The monoisotopic (exact) mass is 930 g/mol. The number of nitrogens with zero attached hydrogens (tertiary/aromatic N) is 2. The number of benzene rings is 4. The average Bonchev–Trinajstić information content (AvgIpc) is 3.88. The fraction of sp³-hybridized carbons (Fsp3) is 0.464. The highest BCUT2D eigenvalue weighted by Crippen LogP contribution is 2.62. The summed E-state index contributed by atoms with van der Waals surface area (Å²) in [5, 5.41) is 25.1. The maximum Gasteiger partial charge on any atom is 0.239 e. The molecule has 2 N–H and O–H groups in total. The molecule has 4 aromatic rings. The Bertz CT molecular complexity index is 2300. The van der Waals surface area contributed by atoms with Gasteiger partial charge in [-0.25, -0.2) is 4.39 Å². The van der Waals surface area contributed by atoms with Crippen LogP contribution in [0.3, 0.4) is 0 Å². The van der Waals surface area contributed by atoms with Crippen LogP contribution in [-0.4, -0.2) is 64.6 Å². The van der Waals surface area contributed by atoms with Gasteiger partial charge in [0.1, 0.15) is 35.7 Å². The minimum Gasteiger partial charge on any atom is -0.459 e. The van der Waals surface area contributed by atoms with E-state index in [1.807, 2.05) is 59.5 Å². The number of aliphatic hydroxyl groups excluding tert-OH is 2. The van der Waals surface area contributed by atoms with Crippen molar-refractivity contribution < 1.29 is 38.4 Å². The molecule has 6 unspecified atom stereocenters. The number of hydrogen-bond donors (Lipinski definition) is 2. The molecule has 2 saturated carbocycles. The van der Waals surface area contributed by atoms with E-state index in [0.29, 0.717) is 36.7 Å². The summed E-state index contributed by atoms with van der Waals surface area (Å²) < 4.78 is 35.8. The summed E-state index contributed by atoms with van der Waals surface area (Å²) in [6.45, 7) is 4.93. The highest BCUT2D eigenvalue weighted by Gasteiger charge is 2.65. The number of oxime groups is 1. The minimum absolute atomic E-state index is 0.0147. The van der Waals surface area contributed by atoms with Crippen LogP contribution in [0, 0.1) is 29.5 Å². The number of thioether (sulfide) groups is 1. The fourth-order valence-electron chi connectivity index (χ4n) is 11.2. The molecule has 67 heavy (non-hydrogen) atoms. The van der Waals surface area contributed by atoms with Crippen molar-refractivity contribution in [1.82, 2.24) is 4.90 Å². The summed E-state index contributed by atoms with van der Waals surface area (Å²) >= 11 is 1.68. The Kier molecular flexibility index (Phi) is 16.9. The smallest absolute Gasteiger partial charge is 0.239 e. The van der Waals surface area contributed by atoms with Gasteiger partial charge in [0.25, 0.3) is 0 Å². The normalized spacial score (nSPS) is 23.7. The number of allylic oxidation sites excluding steroid dienone is 1. The quantitative estimate of drug-likeness (QED) is 0.0328. The van der Waals surface area contributed by atoms with Gasteiger partial charge in [0.05, 0.1) is 18.2 Å². The topological polar surface area (TPSA) is 110 Å². The fourth-order valence-corrected chi connectivity index (χ4v) is 11.6. The molecule has 9 nitrogen and oxygen atoms in total. The lowest BCUT2D eigenvalue weighted by atomic mass is 9.55. The number of halogens is 1. The zero-order valence-electron chi connectivity index (χ0n) is 38.9. The molecule has 4 aliphatic rings. The minimum atomic E-state index is -1.42. The first-order valence-corrected chi connectivity index (χ1v) is 25.7. The van der Waals surface area contributed by atoms with Gasteiger partial charge in [0.15, 0.2) is 0 Å². The van der Waals surface area contributed by atoms with Gasteiger partial charge >= 0.3 is 0 Å². The molecule has 1 aliphatic heterocycles. The summed E-state index contributed by atoms with van der Waals surface area (Å²) in [6, 6.07) is 29.8. The van der Waals surface area contributed by atoms with E-state index in [4.69, 9.17) is 24.2 Å². The third-order valence-electron chi connectivity index (χ3n) is 14.4. The predicted molar refractivity (Wildman–Crippen MR) is 263 cm³/mol. The Balaban J connectivity index is 1.32. The van der Waals surface area contributed by atoms with Crippen LogP contribution in [0.2, 0.25) is 0 Å². The van der Waals surface area contributed by atoms with E-state index in [1.165, 1.54) is 25.0 Å². The lowest BCUT2D eigenvalue weighted by molar-refractivity contribution is -0.258. The van der Waals surface area contributed by atoms with Crippen molar-refractivity contribution in [2.75, 3.05) is 26.1 Å². The molecule has 3 aliphatic carbocycles. The van der Waals surface area contributed by atoms with Crippen LogP contribution in [0.25, 0.3) is 0 Å². The van der Waals surface area contributed by atoms with Crippen molar-refractivity contribution in [2.45, 2.75) is 119 Å². The van der Waals surface area contributed by atoms with E-state index in [9.17, 15) is 14.6 Å². The molecular formula is C56H67FN2O7S. The maximum atomic E-state index is 15.2. The Morgan fingerprint density at radius 3 is 2.36 bits per heavy atom. The summed E-state index contributed by atoms with van der Waals surface area (Å²) in [5.74, 6) is 0.221. The highest BCUT2D eigenvalue weighted by atomic mass is 32.2. The molecule has 8 rings (SSSR count). The van der Waals surface area contributed by atoms with E-state index in [-0.39, 0.29) is 68.9 Å². The molecule has 1 amide bonds. The van der Waals surface area contributed by atoms with Gasteiger partial charge < -0.3 is 34.2 Å². The van der Waals surface area contributed by atoms with Crippen LogP contribution in [0.5, 0.6) is 17.2 Å². The first-order chi connectivity index (χ1) is 32.8. The van der Waals surface area contributed by atoms with Crippen molar-refractivity contribution in [3.8, 4) is 17.2 Å². The maximum absolute atomic E-state index is 15.2. The second-order valence-corrected chi connectivity index (χ2v) is 19.5. The standard InChI is InChI=1S/C56H67FN2O7S/c1-3-33-63-56-52(59(37-40-19-22-43(57)23-20-40)53(62)30-21-39-13-7-8-14-39)36-50(58-64-38-41-15-5-4-6-16-41)48-34-42(17-9-11-31-60)47(18-10-12-32-61)54(55(48)56)49-35-45(26-29-51(49)66-56)65-44-24-27-46(67-2)28-25-44/h3-6,15-16,19-20,22-29,34-35,39,42,47,52,54-55,60-61H,1,7-14,17-18,21,30-33,36-38H2,2H3. The van der Waals surface area contributed by atoms with E-state index in [1.54, 1.807) is 30.0 Å². The Morgan fingerprint density at radius 2 is 1.64 bits per heavy atom. The van der Waals surface area contributed by atoms with Gasteiger partial charge in [-0.05, 0) is 127 Å². The third kappa shape index (κ3) is 11.5. The van der Waals surface area contributed by atoms with Crippen LogP contribution >= 0.6 is 11.8 Å². The van der Waals surface area contributed by atoms with Crippen molar-refractivity contribution in [1.29, 1.82) is 0 Å². The van der Waals surface area contributed by atoms with Gasteiger partial charge in [0, 0.05) is 49.0 Å². The van der Waals surface area contributed by atoms with E-state index in [2.05, 4.69) is 37.1 Å². The van der Waals surface area contributed by atoms with Crippen LogP contribution in [-0.2, 0) is 27.5 Å². The predicted octanol–water partition coefficient (Wildman–Crippen LogP) is 12.2. The second kappa shape index (κ2) is 23.4. The van der Waals surface area contributed by atoms with Gasteiger partial charge in [-0.1, -0.05) is 98.3 Å². The van der Waals surface area contributed by atoms with Crippen LogP contribution in [0.4, 0.5) is 4.39 Å². The van der Waals surface area contributed by atoms with E-state index >= 15 is 4.79 Å². The molecule has 11 heteroatoms. The Labute approximate surface area is 400 Å². The molecule has 2 fully saturated rings. The van der Waals surface area contributed by atoms with Gasteiger partial charge in [-0.15, -0.1) is 18.3 Å². The zero-order valence-corrected chi connectivity index (χ0v) is 39.7. The number of rotatable bonds is 23. The van der Waals surface area contributed by atoms with Gasteiger partial charge in [-0.2, -0.15) is 0 Å². The summed E-state index contributed by atoms with van der Waals surface area (Å²) in [7, 11) is 0. The Hall–Kier alpha value is -4.94. The molecule has 0 saturated heterocycles. The molecule has 0 radical (unpaired) electrons. The van der Waals surface area contributed by atoms with Crippen LogP contribution < -0.4 is 9.47 Å². The summed E-state index contributed by atoms with van der Waals surface area (Å²) in [5.41, 5.74) is 4.46. The molecule has 0 aromatic heterocycles. The molecule has 356 valence electrons. The van der Waals surface area contributed by atoms with Gasteiger partial charge in [-0.3, -0.25) is 4.79 Å². The van der Waals surface area contributed by atoms with Crippen molar-refractivity contribution in [2.24, 2.45) is 28.8 Å². The molecule has 6 atom stereocenters. The number of unbranched alkanes of at least 4 members (excludes halogenated alkanes) is 2. The molecule has 4 aromatic carbocycles. The average molecular weight is 931 g/mol. The first-order valence-electron chi connectivity index (χ1n) is 24.4. The number of ether oxygens (including phenoxy) is 3.